The van der Waals surface area contributed by atoms with Crippen LogP contribution >= 0.6 is 12.2 Å². The number of aromatic nitrogens is 3. The van der Waals surface area contributed by atoms with Crippen LogP contribution in [0.1, 0.15) is 45.1 Å². The second-order valence-corrected chi connectivity index (χ2v) is 6.00. The van der Waals surface area contributed by atoms with Crippen LogP contribution in [0.3, 0.4) is 0 Å². The number of nitrogens with one attached hydrogen (secondary N) is 1. The Balaban J connectivity index is 1.87. The minimum absolute atomic E-state index is 0.263. The van der Waals surface area contributed by atoms with Crippen molar-refractivity contribution in [1.82, 2.24) is 14.8 Å². The maximum atomic E-state index is 5.61. The SMILES string of the molecule is CC1CN(c2n[nH]c(=S)n2C2CCCCC2)CCO1. The molecule has 1 aliphatic carbocycles. The van der Waals surface area contributed by atoms with Crippen LogP contribution in [-0.4, -0.2) is 40.6 Å². The Morgan fingerprint density at radius 2 is 2.11 bits per heavy atom. The summed E-state index contributed by atoms with van der Waals surface area (Å²) >= 11 is 5.44. The second-order valence-electron chi connectivity index (χ2n) is 5.62. The third-order valence-electron chi connectivity index (χ3n) is 4.15. The summed E-state index contributed by atoms with van der Waals surface area (Å²) in [7, 11) is 0. The van der Waals surface area contributed by atoms with Crippen molar-refractivity contribution in [1.29, 1.82) is 0 Å². The van der Waals surface area contributed by atoms with Crippen molar-refractivity contribution in [2.24, 2.45) is 0 Å². The molecule has 19 heavy (non-hydrogen) atoms. The summed E-state index contributed by atoms with van der Waals surface area (Å²) in [5.74, 6) is 1.01. The molecule has 1 saturated carbocycles. The number of hydrogen-bond acceptors (Lipinski definition) is 4. The Hall–Kier alpha value is -0.880. The van der Waals surface area contributed by atoms with Gasteiger partial charge in [0.1, 0.15) is 0 Å². The third-order valence-corrected chi connectivity index (χ3v) is 4.44. The summed E-state index contributed by atoms with van der Waals surface area (Å²) in [4.78, 5) is 2.30. The van der Waals surface area contributed by atoms with Crippen molar-refractivity contribution in [3.63, 3.8) is 0 Å². The average molecular weight is 282 g/mol. The van der Waals surface area contributed by atoms with Crippen molar-refractivity contribution in [3.8, 4) is 0 Å². The molecular formula is C13H22N4OS. The highest BCUT2D eigenvalue weighted by molar-refractivity contribution is 7.71. The van der Waals surface area contributed by atoms with Gasteiger partial charge in [-0.15, -0.1) is 5.10 Å². The van der Waals surface area contributed by atoms with Crippen molar-refractivity contribution in [2.45, 2.75) is 51.2 Å². The van der Waals surface area contributed by atoms with E-state index < -0.39 is 0 Å². The van der Waals surface area contributed by atoms with E-state index in [1.54, 1.807) is 0 Å². The molecule has 6 heteroatoms. The zero-order valence-corrected chi connectivity index (χ0v) is 12.3. The molecule has 0 aromatic carbocycles. The lowest BCUT2D eigenvalue weighted by Crippen LogP contribution is -2.42. The fourth-order valence-electron chi connectivity index (χ4n) is 3.19. The van der Waals surface area contributed by atoms with Crippen molar-refractivity contribution in [3.05, 3.63) is 4.77 Å². The maximum Gasteiger partial charge on any atom is 0.226 e. The number of H-pyrrole nitrogens is 1. The quantitative estimate of drug-likeness (QED) is 0.847. The van der Waals surface area contributed by atoms with Gasteiger partial charge in [0.2, 0.25) is 5.95 Å². The van der Waals surface area contributed by atoms with E-state index in [1.165, 1.54) is 32.1 Å². The van der Waals surface area contributed by atoms with Crippen molar-refractivity contribution >= 4 is 18.2 Å². The van der Waals surface area contributed by atoms with E-state index in [0.29, 0.717) is 6.04 Å². The highest BCUT2D eigenvalue weighted by Gasteiger charge is 2.25. The molecule has 106 valence electrons. The fraction of sp³-hybridized carbons (Fsp3) is 0.846. The molecule has 0 bridgehead atoms. The Kier molecular flexibility index (Phi) is 3.88. The molecule has 5 nitrogen and oxygen atoms in total. The van der Waals surface area contributed by atoms with E-state index >= 15 is 0 Å². The van der Waals surface area contributed by atoms with Gasteiger partial charge in [0.25, 0.3) is 0 Å². The van der Waals surface area contributed by atoms with Gasteiger partial charge < -0.3 is 9.64 Å². The highest BCUT2D eigenvalue weighted by atomic mass is 32.1. The number of nitrogens with zero attached hydrogens (tertiary/aromatic N) is 3. The topological polar surface area (TPSA) is 46.1 Å². The van der Waals surface area contributed by atoms with E-state index in [9.17, 15) is 0 Å². The molecule has 1 N–H and O–H groups in total. The molecule has 0 amide bonds. The second kappa shape index (κ2) is 5.63. The minimum atomic E-state index is 0.263. The van der Waals surface area contributed by atoms with E-state index in [1.807, 2.05) is 0 Å². The van der Waals surface area contributed by atoms with Crippen LogP contribution < -0.4 is 4.90 Å². The molecule has 1 unspecified atom stereocenters. The summed E-state index contributed by atoms with van der Waals surface area (Å²) in [6, 6.07) is 0.521. The summed E-state index contributed by atoms with van der Waals surface area (Å²) in [5, 5.41) is 7.45. The summed E-state index contributed by atoms with van der Waals surface area (Å²) in [6.07, 6.45) is 6.67. The van der Waals surface area contributed by atoms with Crippen LogP contribution in [0.2, 0.25) is 0 Å². The van der Waals surface area contributed by atoms with Crippen molar-refractivity contribution < 1.29 is 4.74 Å². The van der Waals surface area contributed by atoms with E-state index in [4.69, 9.17) is 17.0 Å². The Bertz CT molecular complexity index is 477. The third kappa shape index (κ3) is 2.69. The molecule has 1 aromatic heterocycles. The van der Waals surface area contributed by atoms with Crippen LogP contribution in [0.15, 0.2) is 0 Å². The first-order chi connectivity index (χ1) is 9.25. The molecule has 0 radical (unpaired) electrons. The van der Waals surface area contributed by atoms with Gasteiger partial charge in [0.15, 0.2) is 4.77 Å². The van der Waals surface area contributed by atoms with Crippen LogP contribution in [-0.2, 0) is 4.74 Å². The van der Waals surface area contributed by atoms with Gasteiger partial charge >= 0.3 is 0 Å². The smallest absolute Gasteiger partial charge is 0.226 e. The zero-order chi connectivity index (χ0) is 13.2. The lowest BCUT2D eigenvalue weighted by Gasteiger charge is -2.33. The first-order valence-corrected chi connectivity index (χ1v) is 7.70. The molecule has 3 rings (SSSR count). The maximum absolute atomic E-state index is 5.61. The number of aromatic amines is 1. The molecule has 1 atom stereocenters. The lowest BCUT2D eigenvalue weighted by atomic mass is 9.95. The Morgan fingerprint density at radius 3 is 2.84 bits per heavy atom. The van der Waals surface area contributed by atoms with Crippen molar-refractivity contribution in [2.75, 3.05) is 24.6 Å². The van der Waals surface area contributed by atoms with Gasteiger partial charge in [-0.2, -0.15) is 0 Å². The average Bonchev–Trinajstić information content (AvgIpc) is 2.82. The molecule has 2 heterocycles. The van der Waals surface area contributed by atoms with Gasteiger partial charge in [-0.25, -0.2) is 5.10 Å². The van der Waals surface area contributed by atoms with Crippen LogP contribution in [0.4, 0.5) is 5.95 Å². The minimum Gasteiger partial charge on any atom is -0.375 e. The molecule has 0 spiro atoms. The predicted octanol–water partition coefficient (Wildman–Crippen LogP) is 2.67. The van der Waals surface area contributed by atoms with E-state index in [2.05, 4.69) is 26.6 Å². The number of hydrogen-bond donors (Lipinski definition) is 1. The molecular weight excluding hydrogens is 260 g/mol. The Labute approximate surface area is 118 Å². The first kappa shape index (κ1) is 13.1. The predicted molar refractivity (Wildman–Crippen MR) is 77.2 cm³/mol. The van der Waals surface area contributed by atoms with Gasteiger partial charge in [-0.3, -0.25) is 4.57 Å². The monoisotopic (exact) mass is 282 g/mol. The van der Waals surface area contributed by atoms with Gasteiger partial charge in [0.05, 0.1) is 12.7 Å². The van der Waals surface area contributed by atoms with Gasteiger partial charge in [0, 0.05) is 19.1 Å². The van der Waals surface area contributed by atoms with Crippen LogP contribution in [0.5, 0.6) is 0 Å². The molecule has 1 aromatic rings. The fourth-order valence-corrected chi connectivity index (χ4v) is 3.46. The van der Waals surface area contributed by atoms with Crippen LogP contribution in [0, 0.1) is 4.77 Å². The normalized spacial score (nSPS) is 25.7. The number of ether oxygens (including phenoxy) is 1. The van der Waals surface area contributed by atoms with E-state index in [-0.39, 0.29) is 6.10 Å². The lowest BCUT2D eigenvalue weighted by molar-refractivity contribution is 0.0522. The standard InChI is InChI=1S/C13H22N4OS/c1-10-9-16(7-8-18-10)12-14-15-13(19)17(12)11-5-3-2-4-6-11/h10-11H,2-9H2,1H3,(H,15,19). The largest absolute Gasteiger partial charge is 0.375 e. The number of morpholine rings is 1. The Morgan fingerprint density at radius 1 is 1.32 bits per heavy atom. The van der Waals surface area contributed by atoms with Gasteiger partial charge in [-0.1, -0.05) is 19.3 Å². The first-order valence-electron chi connectivity index (χ1n) is 7.29. The van der Waals surface area contributed by atoms with E-state index in [0.717, 1.165) is 30.4 Å². The summed E-state index contributed by atoms with van der Waals surface area (Å²) in [6.45, 7) is 4.67. The number of anilines is 1. The van der Waals surface area contributed by atoms with Crippen LogP contribution in [0.25, 0.3) is 0 Å². The highest BCUT2D eigenvalue weighted by Crippen LogP contribution is 2.31. The molecule has 1 aliphatic heterocycles. The van der Waals surface area contributed by atoms with Gasteiger partial charge in [-0.05, 0) is 32.0 Å². The molecule has 1 saturated heterocycles. The zero-order valence-electron chi connectivity index (χ0n) is 11.5. The molecule has 2 aliphatic rings. The number of rotatable bonds is 2. The summed E-state index contributed by atoms with van der Waals surface area (Å²) in [5.41, 5.74) is 0. The molecule has 2 fully saturated rings. The summed E-state index contributed by atoms with van der Waals surface area (Å²) < 4.78 is 8.61.